The minimum Gasteiger partial charge on any atom is -0.503 e. The van der Waals surface area contributed by atoms with Gasteiger partial charge >= 0.3 is 5.69 Å². The van der Waals surface area contributed by atoms with Gasteiger partial charge in [0.2, 0.25) is 0 Å². The second kappa shape index (κ2) is 8.67. The van der Waals surface area contributed by atoms with Crippen LogP contribution in [0, 0.1) is 10.1 Å². The molecule has 0 bridgehead atoms. The van der Waals surface area contributed by atoms with Gasteiger partial charge in [-0.1, -0.05) is 23.7 Å². The molecule has 2 N–H and O–H groups in total. The number of nitrogens with one attached hydrogen (secondary N) is 1. The Morgan fingerprint density at radius 2 is 2.12 bits per heavy atom. The molecule has 0 spiro atoms. The van der Waals surface area contributed by atoms with E-state index in [4.69, 9.17) is 21.1 Å². The summed E-state index contributed by atoms with van der Waals surface area (Å²) < 4.78 is 10.1. The lowest BCUT2D eigenvalue weighted by Gasteiger charge is -2.06. The number of aromatic hydroxyl groups is 1. The summed E-state index contributed by atoms with van der Waals surface area (Å²) in [4.78, 5) is 22.0. The summed E-state index contributed by atoms with van der Waals surface area (Å²) in [6.45, 7) is -0.456. The van der Waals surface area contributed by atoms with Crippen molar-refractivity contribution in [2.45, 2.75) is 0 Å². The number of amides is 1. The van der Waals surface area contributed by atoms with Crippen LogP contribution in [0.3, 0.4) is 0 Å². The molecule has 0 aromatic heterocycles. The molecule has 0 fully saturated rings. The van der Waals surface area contributed by atoms with E-state index in [2.05, 4.69) is 10.5 Å². The summed E-state index contributed by atoms with van der Waals surface area (Å²) in [5.41, 5.74) is 2.45. The Labute approximate surface area is 153 Å². The topological polar surface area (TPSA) is 123 Å². The van der Waals surface area contributed by atoms with E-state index in [9.17, 15) is 20.0 Å². The molecular formula is C16H14ClN3O6. The minimum absolute atomic E-state index is 0.0216. The average molecular weight is 380 g/mol. The maximum atomic E-state index is 11.7. The van der Waals surface area contributed by atoms with Gasteiger partial charge in [-0.05, 0) is 23.8 Å². The number of carbonyl (C=O) groups excluding carboxylic acids is 1. The summed E-state index contributed by atoms with van der Waals surface area (Å²) in [7, 11) is 1.37. The number of nitrogens with zero attached hydrogens (tertiary/aromatic N) is 2. The Morgan fingerprint density at radius 3 is 2.81 bits per heavy atom. The number of para-hydroxylation sites is 2. The van der Waals surface area contributed by atoms with E-state index >= 15 is 0 Å². The summed E-state index contributed by atoms with van der Waals surface area (Å²) in [6, 6.07) is 8.61. The van der Waals surface area contributed by atoms with E-state index in [1.165, 1.54) is 43.7 Å². The zero-order valence-electron chi connectivity index (χ0n) is 13.5. The van der Waals surface area contributed by atoms with Gasteiger partial charge in [0.25, 0.3) is 5.91 Å². The number of hydrogen-bond donors (Lipinski definition) is 2. The number of hydrazone groups is 1. The molecule has 0 radical (unpaired) electrons. The molecule has 2 aromatic carbocycles. The number of ether oxygens (including phenoxy) is 2. The molecule has 0 aliphatic rings. The molecule has 0 aliphatic carbocycles. The lowest BCUT2D eigenvalue weighted by atomic mass is 10.2. The first-order chi connectivity index (χ1) is 12.4. The minimum atomic E-state index is -0.615. The van der Waals surface area contributed by atoms with Crippen molar-refractivity contribution in [3.05, 3.63) is 57.1 Å². The number of rotatable bonds is 7. The van der Waals surface area contributed by atoms with Gasteiger partial charge in [-0.2, -0.15) is 5.10 Å². The fourth-order valence-corrected chi connectivity index (χ4v) is 2.13. The van der Waals surface area contributed by atoms with Crippen LogP contribution >= 0.6 is 11.6 Å². The van der Waals surface area contributed by atoms with Crippen molar-refractivity contribution in [1.29, 1.82) is 0 Å². The largest absolute Gasteiger partial charge is 0.503 e. The molecule has 9 nitrogen and oxygen atoms in total. The van der Waals surface area contributed by atoms with Crippen molar-refractivity contribution in [3.63, 3.8) is 0 Å². The SMILES string of the molecule is COc1cc(/C=N\NC(=O)COc2ccccc2[N+](=O)[O-])cc(Cl)c1O. The van der Waals surface area contributed by atoms with Crippen LogP contribution in [-0.4, -0.2) is 35.9 Å². The molecule has 0 atom stereocenters. The molecule has 2 aromatic rings. The molecule has 0 heterocycles. The molecule has 10 heteroatoms. The highest BCUT2D eigenvalue weighted by Crippen LogP contribution is 2.34. The highest BCUT2D eigenvalue weighted by molar-refractivity contribution is 6.32. The number of nitro benzene ring substituents is 1. The van der Waals surface area contributed by atoms with Crippen molar-refractivity contribution in [2.75, 3.05) is 13.7 Å². The number of benzene rings is 2. The van der Waals surface area contributed by atoms with Gasteiger partial charge in [-0.15, -0.1) is 0 Å². The third-order valence-electron chi connectivity index (χ3n) is 3.09. The van der Waals surface area contributed by atoms with E-state index in [1.807, 2.05) is 0 Å². The highest BCUT2D eigenvalue weighted by atomic mass is 35.5. The maximum absolute atomic E-state index is 11.7. The molecule has 0 aliphatic heterocycles. The molecular weight excluding hydrogens is 366 g/mol. The average Bonchev–Trinajstić information content (AvgIpc) is 2.62. The van der Waals surface area contributed by atoms with Crippen molar-refractivity contribution >= 4 is 29.4 Å². The van der Waals surface area contributed by atoms with Crippen LogP contribution in [0.5, 0.6) is 17.2 Å². The Morgan fingerprint density at radius 1 is 1.38 bits per heavy atom. The predicted molar refractivity (Wildman–Crippen MR) is 94.0 cm³/mol. The van der Waals surface area contributed by atoms with Crippen LogP contribution in [-0.2, 0) is 4.79 Å². The lowest BCUT2D eigenvalue weighted by Crippen LogP contribution is -2.24. The van der Waals surface area contributed by atoms with Gasteiger partial charge in [0.15, 0.2) is 23.9 Å². The Hall–Kier alpha value is -3.33. The first kappa shape index (κ1) is 19.0. The van der Waals surface area contributed by atoms with Gasteiger partial charge in [-0.3, -0.25) is 14.9 Å². The van der Waals surface area contributed by atoms with E-state index in [1.54, 1.807) is 6.07 Å². The zero-order chi connectivity index (χ0) is 19.1. The second-order valence-corrected chi connectivity index (χ2v) is 5.27. The third kappa shape index (κ3) is 4.84. The molecule has 0 saturated heterocycles. The third-order valence-corrected chi connectivity index (χ3v) is 3.38. The number of phenols is 1. The van der Waals surface area contributed by atoms with Crippen LogP contribution < -0.4 is 14.9 Å². The molecule has 136 valence electrons. The summed E-state index contributed by atoms with van der Waals surface area (Å²) in [5, 5.41) is 24.3. The van der Waals surface area contributed by atoms with E-state index in [0.29, 0.717) is 5.56 Å². The number of nitro groups is 1. The van der Waals surface area contributed by atoms with Crippen LogP contribution in [0.4, 0.5) is 5.69 Å². The van der Waals surface area contributed by atoms with Gasteiger partial charge < -0.3 is 14.6 Å². The standard InChI is InChI=1S/C16H14ClN3O6/c1-25-14-7-10(6-11(17)16(14)22)8-18-19-15(21)9-26-13-5-3-2-4-12(13)20(23)24/h2-8,22H,9H2,1H3,(H,19,21)/b18-8-. The van der Waals surface area contributed by atoms with Crippen molar-refractivity contribution in [2.24, 2.45) is 5.10 Å². The number of phenolic OH excluding ortho intramolecular Hbond substituents is 1. The Kier molecular flexibility index (Phi) is 6.34. The zero-order valence-corrected chi connectivity index (χ0v) is 14.3. The quantitative estimate of drug-likeness (QED) is 0.432. The monoisotopic (exact) mass is 379 g/mol. The number of carbonyl (C=O) groups is 1. The van der Waals surface area contributed by atoms with E-state index < -0.39 is 17.4 Å². The van der Waals surface area contributed by atoms with E-state index in [0.717, 1.165) is 0 Å². The molecule has 0 unspecified atom stereocenters. The summed E-state index contributed by atoms with van der Waals surface area (Å²) in [6.07, 6.45) is 1.29. The van der Waals surface area contributed by atoms with Crippen molar-refractivity contribution < 1.29 is 24.3 Å². The number of methoxy groups -OCH3 is 1. The second-order valence-electron chi connectivity index (χ2n) is 4.86. The Bertz CT molecular complexity index is 856. The number of hydrogen-bond acceptors (Lipinski definition) is 7. The number of halogens is 1. The summed E-state index contributed by atoms with van der Waals surface area (Å²) >= 11 is 5.84. The summed E-state index contributed by atoms with van der Waals surface area (Å²) in [5.74, 6) is -0.680. The molecule has 1 amide bonds. The van der Waals surface area contributed by atoms with Crippen LogP contribution in [0.2, 0.25) is 5.02 Å². The fourth-order valence-electron chi connectivity index (χ4n) is 1.91. The lowest BCUT2D eigenvalue weighted by molar-refractivity contribution is -0.385. The Balaban J connectivity index is 1.94. The van der Waals surface area contributed by atoms with E-state index in [-0.39, 0.29) is 28.0 Å². The first-order valence-electron chi connectivity index (χ1n) is 7.17. The first-order valence-corrected chi connectivity index (χ1v) is 7.54. The highest BCUT2D eigenvalue weighted by Gasteiger charge is 2.14. The molecule has 0 saturated carbocycles. The van der Waals surface area contributed by atoms with Gasteiger partial charge in [0, 0.05) is 6.07 Å². The fraction of sp³-hybridized carbons (Fsp3) is 0.125. The van der Waals surface area contributed by atoms with Gasteiger partial charge in [0.1, 0.15) is 0 Å². The maximum Gasteiger partial charge on any atom is 0.310 e. The van der Waals surface area contributed by atoms with Crippen molar-refractivity contribution in [1.82, 2.24) is 5.43 Å². The van der Waals surface area contributed by atoms with Crippen LogP contribution in [0.1, 0.15) is 5.56 Å². The smallest absolute Gasteiger partial charge is 0.310 e. The van der Waals surface area contributed by atoms with Crippen molar-refractivity contribution in [3.8, 4) is 17.2 Å². The van der Waals surface area contributed by atoms with Crippen LogP contribution in [0.15, 0.2) is 41.5 Å². The van der Waals surface area contributed by atoms with Crippen LogP contribution in [0.25, 0.3) is 0 Å². The molecule has 26 heavy (non-hydrogen) atoms. The normalized spacial score (nSPS) is 10.5. The predicted octanol–water partition coefficient (Wildman–Crippen LogP) is 2.49. The van der Waals surface area contributed by atoms with Gasteiger partial charge in [0.05, 0.1) is 23.3 Å². The van der Waals surface area contributed by atoms with Gasteiger partial charge in [-0.25, -0.2) is 5.43 Å². The molecule has 2 rings (SSSR count).